The molecule has 1 aromatic carbocycles. The van der Waals surface area contributed by atoms with Crippen molar-refractivity contribution in [1.29, 1.82) is 0 Å². The first kappa shape index (κ1) is 14.1. The lowest BCUT2D eigenvalue weighted by Crippen LogP contribution is -2.10. The summed E-state index contributed by atoms with van der Waals surface area (Å²) in [5.41, 5.74) is 2.14. The van der Waals surface area contributed by atoms with E-state index < -0.39 is 0 Å². The lowest BCUT2D eigenvalue weighted by molar-refractivity contribution is 0.0984. The second-order valence-corrected chi connectivity index (χ2v) is 5.11. The van der Waals surface area contributed by atoms with E-state index in [9.17, 15) is 4.79 Å². The Labute approximate surface area is 122 Å². The Morgan fingerprint density at radius 3 is 2.47 bits per heavy atom. The van der Waals surface area contributed by atoms with Gasteiger partial charge in [0, 0.05) is 23.5 Å². The summed E-state index contributed by atoms with van der Waals surface area (Å²) >= 11 is 12.1. The van der Waals surface area contributed by atoms with Gasteiger partial charge in [0.2, 0.25) is 0 Å². The van der Waals surface area contributed by atoms with Gasteiger partial charge in [-0.2, -0.15) is 5.10 Å². The van der Waals surface area contributed by atoms with Crippen molar-refractivity contribution in [2.45, 2.75) is 19.8 Å². The molecule has 0 amide bonds. The summed E-state index contributed by atoms with van der Waals surface area (Å²) in [5, 5.41) is 5.29. The normalized spacial score (nSPS) is 10.7. The van der Waals surface area contributed by atoms with Crippen LogP contribution in [0.15, 0.2) is 24.3 Å². The third-order valence-electron chi connectivity index (χ3n) is 2.98. The van der Waals surface area contributed by atoms with Gasteiger partial charge < -0.3 is 0 Å². The maximum absolute atomic E-state index is 12.3. The monoisotopic (exact) mass is 296 g/mol. The number of carbonyl (C=O) groups excluding carboxylic acids is 1. The van der Waals surface area contributed by atoms with Crippen LogP contribution in [0.1, 0.15) is 28.7 Å². The molecule has 1 aromatic heterocycles. The van der Waals surface area contributed by atoms with E-state index in [4.69, 9.17) is 23.2 Å². The molecule has 2 rings (SSSR count). The van der Waals surface area contributed by atoms with Crippen LogP contribution in [0, 0.1) is 0 Å². The fraction of sp³-hybridized carbons (Fsp3) is 0.286. The highest BCUT2D eigenvalue weighted by Crippen LogP contribution is 2.25. The molecule has 0 radical (unpaired) electrons. The van der Waals surface area contributed by atoms with Crippen molar-refractivity contribution in [3.05, 3.63) is 51.3 Å². The van der Waals surface area contributed by atoms with E-state index in [2.05, 4.69) is 5.10 Å². The van der Waals surface area contributed by atoms with Gasteiger partial charge in [0.25, 0.3) is 0 Å². The van der Waals surface area contributed by atoms with E-state index in [1.807, 2.05) is 13.0 Å². The quantitative estimate of drug-likeness (QED) is 0.806. The number of rotatable bonds is 4. The molecule has 0 saturated heterocycles. The predicted molar refractivity (Wildman–Crippen MR) is 77.1 cm³/mol. The first-order valence-corrected chi connectivity index (χ1v) is 6.77. The number of ketones is 1. The van der Waals surface area contributed by atoms with E-state index >= 15 is 0 Å². The van der Waals surface area contributed by atoms with Crippen LogP contribution in [-0.4, -0.2) is 15.6 Å². The Bertz CT molecular complexity index is 600. The van der Waals surface area contributed by atoms with Gasteiger partial charge >= 0.3 is 0 Å². The average molecular weight is 297 g/mol. The van der Waals surface area contributed by atoms with Crippen LogP contribution < -0.4 is 0 Å². The molecule has 100 valence electrons. The van der Waals surface area contributed by atoms with Gasteiger partial charge in [0.1, 0.15) is 5.69 Å². The van der Waals surface area contributed by atoms with Crippen LogP contribution in [0.5, 0.6) is 0 Å². The number of aromatic nitrogens is 2. The SMILES string of the molecule is CCc1cc(C(=O)Cc2c(Cl)cccc2Cl)n(C)n1. The minimum Gasteiger partial charge on any atom is -0.292 e. The maximum Gasteiger partial charge on any atom is 0.185 e. The molecule has 5 heteroatoms. The molecule has 0 N–H and O–H groups in total. The summed E-state index contributed by atoms with van der Waals surface area (Å²) in [6, 6.07) is 7.04. The summed E-state index contributed by atoms with van der Waals surface area (Å²) in [6.07, 6.45) is 0.981. The molecule has 0 spiro atoms. The van der Waals surface area contributed by atoms with Crippen LogP contribution in [0.3, 0.4) is 0 Å². The second kappa shape index (κ2) is 5.76. The van der Waals surface area contributed by atoms with Crippen molar-refractivity contribution in [1.82, 2.24) is 9.78 Å². The van der Waals surface area contributed by atoms with Gasteiger partial charge in [-0.25, -0.2) is 0 Å². The first-order valence-electron chi connectivity index (χ1n) is 6.02. The van der Waals surface area contributed by atoms with Crippen molar-refractivity contribution < 1.29 is 4.79 Å². The largest absolute Gasteiger partial charge is 0.292 e. The third kappa shape index (κ3) is 2.99. The van der Waals surface area contributed by atoms with Gasteiger partial charge in [-0.15, -0.1) is 0 Å². The molecule has 0 saturated carbocycles. The van der Waals surface area contributed by atoms with Crippen LogP contribution in [0.4, 0.5) is 0 Å². The molecule has 0 aliphatic rings. The molecule has 3 nitrogen and oxygen atoms in total. The zero-order valence-electron chi connectivity index (χ0n) is 10.8. The van der Waals surface area contributed by atoms with E-state index in [1.54, 1.807) is 29.9 Å². The fourth-order valence-electron chi connectivity index (χ4n) is 1.91. The van der Waals surface area contributed by atoms with Crippen LogP contribution in [0.2, 0.25) is 10.0 Å². The summed E-state index contributed by atoms with van der Waals surface area (Å²) in [4.78, 5) is 12.3. The highest BCUT2D eigenvalue weighted by atomic mass is 35.5. The van der Waals surface area contributed by atoms with Crippen molar-refractivity contribution in [3.8, 4) is 0 Å². The Morgan fingerprint density at radius 1 is 1.32 bits per heavy atom. The van der Waals surface area contributed by atoms with Crippen molar-refractivity contribution in [2.75, 3.05) is 0 Å². The molecular formula is C14H14Cl2N2O. The van der Waals surface area contributed by atoms with Gasteiger partial charge in [-0.3, -0.25) is 9.48 Å². The smallest absolute Gasteiger partial charge is 0.185 e. The van der Waals surface area contributed by atoms with Gasteiger partial charge in [-0.1, -0.05) is 36.2 Å². The Kier molecular flexibility index (Phi) is 4.27. The topological polar surface area (TPSA) is 34.9 Å². The molecule has 0 aliphatic heterocycles. The van der Waals surface area contributed by atoms with E-state index in [-0.39, 0.29) is 12.2 Å². The lowest BCUT2D eigenvalue weighted by Gasteiger charge is -2.06. The van der Waals surface area contributed by atoms with Crippen molar-refractivity contribution in [3.63, 3.8) is 0 Å². The molecule has 0 unspecified atom stereocenters. The summed E-state index contributed by atoms with van der Waals surface area (Å²) in [7, 11) is 1.76. The molecule has 1 heterocycles. The minimum atomic E-state index is -0.0373. The maximum atomic E-state index is 12.3. The van der Waals surface area contributed by atoms with E-state index in [0.717, 1.165) is 12.1 Å². The van der Waals surface area contributed by atoms with Gasteiger partial charge in [0.05, 0.1) is 5.69 Å². The molecule has 0 fully saturated rings. The average Bonchev–Trinajstić information content (AvgIpc) is 2.75. The minimum absolute atomic E-state index is 0.0373. The number of carbonyl (C=O) groups is 1. The number of hydrogen-bond donors (Lipinski definition) is 0. The van der Waals surface area contributed by atoms with E-state index in [1.165, 1.54) is 0 Å². The highest BCUT2D eigenvalue weighted by Gasteiger charge is 2.16. The number of halogens is 2. The van der Waals surface area contributed by atoms with Crippen molar-refractivity contribution in [2.24, 2.45) is 7.05 Å². The van der Waals surface area contributed by atoms with Gasteiger partial charge in [0.15, 0.2) is 5.78 Å². The zero-order valence-corrected chi connectivity index (χ0v) is 12.3. The number of aryl methyl sites for hydroxylation is 2. The Hall–Kier alpha value is -1.32. The number of nitrogens with zero attached hydrogens (tertiary/aromatic N) is 2. The summed E-state index contributed by atoms with van der Waals surface area (Å²) in [6.45, 7) is 2.00. The summed E-state index contributed by atoms with van der Waals surface area (Å²) in [5.74, 6) is -0.0373. The number of Topliss-reactive ketones (excluding diaryl/α,β-unsaturated/α-hetero) is 1. The number of hydrogen-bond acceptors (Lipinski definition) is 2. The summed E-state index contributed by atoms with van der Waals surface area (Å²) < 4.78 is 1.60. The molecule has 0 aliphatic carbocycles. The molecule has 2 aromatic rings. The standard InChI is InChI=1S/C14H14Cl2N2O/c1-3-9-7-13(18(2)17-9)14(19)8-10-11(15)5-4-6-12(10)16/h4-7H,3,8H2,1-2H3. The fourth-order valence-corrected chi connectivity index (χ4v) is 2.44. The highest BCUT2D eigenvalue weighted by molar-refractivity contribution is 6.36. The number of benzene rings is 1. The lowest BCUT2D eigenvalue weighted by atomic mass is 10.1. The van der Waals surface area contributed by atoms with Crippen molar-refractivity contribution >= 4 is 29.0 Å². The molecule has 0 atom stereocenters. The van der Waals surface area contributed by atoms with E-state index in [0.29, 0.717) is 21.3 Å². The first-order chi connectivity index (χ1) is 9.02. The Morgan fingerprint density at radius 2 is 1.95 bits per heavy atom. The molecule has 19 heavy (non-hydrogen) atoms. The molecular weight excluding hydrogens is 283 g/mol. The third-order valence-corrected chi connectivity index (χ3v) is 3.69. The predicted octanol–water partition coefficient (Wildman–Crippen LogP) is 3.71. The van der Waals surface area contributed by atoms with Crippen LogP contribution >= 0.6 is 23.2 Å². The van der Waals surface area contributed by atoms with Crippen LogP contribution in [-0.2, 0) is 19.9 Å². The second-order valence-electron chi connectivity index (χ2n) is 4.30. The van der Waals surface area contributed by atoms with Crippen LogP contribution in [0.25, 0.3) is 0 Å². The van der Waals surface area contributed by atoms with Gasteiger partial charge in [-0.05, 0) is 30.2 Å². The zero-order chi connectivity index (χ0) is 14.0. The Balaban J connectivity index is 2.28. The molecule has 0 bridgehead atoms.